The number of carboxylic acid groups (broad SMARTS) is 1. The molecule has 0 fully saturated rings. The number of esters is 1. The molecule has 4 heteroatoms. The molecule has 51 heavy (non-hydrogen) atoms. The second kappa shape index (κ2) is 42.8. The van der Waals surface area contributed by atoms with E-state index >= 15 is 0 Å². The molecule has 0 spiro atoms. The summed E-state index contributed by atoms with van der Waals surface area (Å²) in [5.41, 5.74) is 0. The van der Waals surface area contributed by atoms with Gasteiger partial charge in [0, 0.05) is 12.8 Å². The molecule has 0 saturated heterocycles. The minimum absolute atomic E-state index is 0.0340. The van der Waals surface area contributed by atoms with Crippen molar-refractivity contribution in [1.82, 2.24) is 0 Å². The normalized spacial score (nSPS) is 12.4. The summed E-state index contributed by atoms with van der Waals surface area (Å²) in [6.45, 7) is 4.55. The first-order chi connectivity index (χ1) is 25.1. The summed E-state index contributed by atoms with van der Waals surface area (Å²) in [6.07, 6.45) is 55.2. The number of ether oxygens (including phenoxy) is 1. The first-order valence-electron chi connectivity index (χ1n) is 22.8. The van der Waals surface area contributed by atoms with Crippen LogP contribution in [0.5, 0.6) is 0 Å². The molecule has 4 nitrogen and oxygen atoms in total. The van der Waals surface area contributed by atoms with E-state index in [2.05, 4.69) is 38.2 Å². The van der Waals surface area contributed by atoms with Crippen molar-refractivity contribution in [2.75, 3.05) is 0 Å². The zero-order valence-electron chi connectivity index (χ0n) is 34.4. The van der Waals surface area contributed by atoms with Gasteiger partial charge in [0.05, 0.1) is 0 Å². The van der Waals surface area contributed by atoms with E-state index in [9.17, 15) is 9.59 Å². The van der Waals surface area contributed by atoms with E-state index in [1.54, 1.807) is 0 Å². The molecule has 0 saturated carbocycles. The lowest BCUT2D eigenvalue weighted by atomic mass is 10.0. The maximum Gasteiger partial charge on any atom is 0.306 e. The van der Waals surface area contributed by atoms with Gasteiger partial charge >= 0.3 is 11.9 Å². The summed E-state index contributed by atoms with van der Waals surface area (Å²) in [5.74, 6) is -0.731. The second-order valence-corrected chi connectivity index (χ2v) is 15.6. The molecule has 0 aromatic heterocycles. The van der Waals surface area contributed by atoms with Crippen LogP contribution in [0.15, 0.2) is 24.3 Å². The van der Waals surface area contributed by atoms with Crippen molar-refractivity contribution in [3.63, 3.8) is 0 Å². The Hall–Kier alpha value is -1.58. The fraction of sp³-hybridized carbons (Fsp3) is 0.872. The van der Waals surface area contributed by atoms with Crippen LogP contribution in [0, 0.1) is 0 Å². The van der Waals surface area contributed by atoms with Gasteiger partial charge in [-0.2, -0.15) is 0 Å². The fourth-order valence-electron chi connectivity index (χ4n) is 6.97. The third-order valence-corrected chi connectivity index (χ3v) is 10.4. The second-order valence-electron chi connectivity index (χ2n) is 15.6. The van der Waals surface area contributed by atoms with Crippen LogP contribution in [0.1, 0.15) is 258 Å². The Balaban J connectivity index is 3.87. The average molecular weight is 717 g/mol. The van der Waals surface area contributed by atoms with Gasteiger partial charge in [-0.3, -0.25) is 9.59 Å². The zero-order valence-corrected chi connectivity index (χ0v) is 34.4. The van der Waals surface area contributed by atoms with Gasteiger partial charge in [-0.25, -0.2) is 0 Å². The van der Waals surface area contributed by atoms with Gasteiger partial charge in [0.2, 0.25) is 0 Å². The molecule has 300 valence electrons. The lowest BCUT2D eigenvalue weighted by molar-refractivity contribution is -0.147. The van der Waals surface area contributed by atoms with Crippen molar-refractivity contribution in [3.05, 3.63) is 24.3 Å². The third-order valence-electron chi connectivity index (χ3n) is 10.4. The molecule has 0 heterocycles. The molecule has 0 rings (SSSR count). The molecule has 1 atom stereocenters. The highest BCUT2D eigenvalue weighted by atomic mass is 16.5. The Morgan fingerprint density at radius 2 is 0.765 bits per heavy atom. The van der Waals surface area contributed by atoms with Crippen molar-refractivity contribution in [2.24, 2.45) is 0 Å². The number of carbonyl (C=O) groups excluding carboxylic acids is 1. The first kappa shape index (κ1) is 49.4. The summed E-state index contributed by atoms with van der Waals surface area (Å²) in [5, 5.41) is 8.80. The van der Waals surface area contributed by atoms with E-state index in [0.29, 0.717) is 6.42 Å². The Bertz CT molecular complexity index is 772. The lowest BCUT2D eigenvalue weighted by Crippen LogP contribution is -2.16. The molecule has 1 unspecified atom stereocenters. The lowest BCUT2D eigenvalue weighted by Gasteiger charge is -2.15. The fourth-order valence-corrected chi connectivity index (χ4v) is 6.97. The van der Waals surface area contributed by atoms with Gasteiger partial charge in [0.15, 0.2) is 0 Å². The van der Waals surface area contributed by atoms with Crippen LogP contribution >= 0.6 is 0 Å². The Kier molecular flexibility index (Phi) is 41.5. The number of carbonyl (C=O) groups is 2. The monoisotopic (exact) mass is 717 g/mol. The van der Waals surface area contributed by atoms with E-state index < -0.39 is 5.97 Å². The summed E-state index contributed by atoms with van der Waals surface area (Å²) in [7, 11) is 0. The predicted molar refractivity (Wildman–Crippen MR) is 223 cm³/mol. The number of hydrogen-bond acceptors (Lipinski definition) is 3. The molecule has 0 aliphatic heterocycles. The standard InChI is InChI=1S/C47H88O4/c1-3-5-7-9-11-13-14-15-16-17-18-19-20-21-22-23-24-25-26-28-30-36-40-44-47(50)51-45(41-37-33-29-27-12-10-8-6-4-2)42-38-34-31-32-35-39-43-46(48)49/h17-18,37,41,45H,3-16,19-36,38-40,42-44H2,1-2H3,(H,48,49)/b18-17-,41-37-. The number of unbranched alkanes of at least 4 members (excludes halogenated alkanes) is 31. The molecule has 1 N–H and O–H groups in total. The maximum absolute atomic E-state index is 12.7. The molecule has 0 aromatic carbocycles. The molecule has 0 aliphatic carbocycles. The van der Waals surface area contributed by atoms with Crippen LogP contribution in [0.2, 0.25) is 0 Å². The maximum atomic E-state index is 12.7. The number of allylic oxidation sites excluding steroid dienone is 3. The zero-order chi connectivity index (χ0) is 37.1. The highest BCUT2D eigenvalue weighted by Gasteiger charge is 2.11. The van der Waals surface area contributed by atoms with Crippen LogP contribution in [-0.2, 0) is 14.3 Å². The summed E-state index contributed by atoms with van der Waals surface area (Å²) in [6, 6.07) is 0. The summed E-state index contributed by atoms with van der Waals surface area (Å²) < 4.78 is 5.95. The highest BCUT2D eigenvalue weighted by Crippen LogP contribution is 2.17. The minimum atomic E-state index is -0.697. The van der Waals surface area contributed by atoms with E-state index in [0.717, 1.165) is 64.2 Å². The van der Waals surface area contributed by atoms with Crippen LogP contribution in [0.3, 0.4) is 0 Å². The van der Waals surface area contributed by atoms with Gasteiger partial charge in [0.1, 0.15) is 6.10 Å². The summed E-state index contributed by atoms with van der Waals surface area (Å²) >= 11 is 0. The number of rotatable bonds is 42. The van der Waals surface area contributed by atoms with Gasteiger partial charge in [-0.1, -0.05) is 199 Å². The third kappa shape index (κ3) is 42.7. The van der Waals surface area contributed by atoms with Crippen LogP contribution in [-0.4, -0.2) is 23.1 Å². The number of hydrogen-bond donors (Lipinski definition) is 1. The molecular weight excluding hydrogens is 629 g/mol. The Labute approximate surface area is 318 Å². The van der Waals surface area contributed by atoms with Gasteiger partial charge in [0.25, 0.3) is 0 Å². The summed E-state index contributed by atoms with van der Waals surface area (Å²) in [4.78, 5) is 23.4. The first-order valence-corrected chi connectivity index (χ1v) is 22.8. The Morgan fingerprint density at radius 3 is 1.18 bits per heavy atom. The van der Waals surface area contributed by atoms with Crippen molar-refractivity contribution in [1.29, 1.82) is 0 Å². The molecule has 0 aliphatic rings. The number of carboxylic acids is 1. The van der Waals surface area contributed by atoms with E-state index in [-0.39, 0.29) is 18.5 Å². The molecule has 0 amide bonds. The quantitative estimate of drug-likeness (QED) is 0.0388. The molecule has 0 aromatic rings. The van der Waals surface area contributed by atoms with Crippen LogP contribution in [0.25, 0.3) is 0 Å². The topological polar surface area (TPSA) is 63.6 Å². The molecular formula is C47H88O4. The van der Waals surface area contributed by atoms with Crippen LogP contribution in [0.4, 0.5) is 0 Å². The van der Waals surface area contributed by atoms with Gasteiger partial charge < -0.3 is 9.84 Å². The highest BCUT2D eigenvalue weighted by molar-refractivity contribution is 5.69. The smallest absolute Gasteiger partial charge is 0.306 e. The van der Waals surface area contributed by atoms with Gasteiger partial charge in [-0.15, -0.1) is 0 Å². The molecule has 0 radical (unpaired) electrons. The minimum Gasteiger partial charge on any atom is -0.481 e. The SMILES string of the molecule is CCCCCCCCC/C=C\C(CCCCCCCCC(=O)O)OC(=O)CCCCCCCCCCCCC/C=C\CCCCCCCCCC. The van der Waals surface area contributed by atoms with Crippen LogP contribution < -0.4 is 0 Å². The average Bonchev–Trinajstić information content (AvgIpc) is 3.12. The van der Waals surface area contributed by atoms with Crippen molar-refractivity contribution in [3.8, 4) is 0 Å². The van der Waals surface area contributed by atoms with Crippen molar-refractivity contribution < 1.29 is 19.4 Å². The number of aliphatic carboxylic acids is 1. The van der Waals surface area contributed by atoms with E-state index in [4.69, 9.17) is 9.84 Å². The van der Waals surface area contributed by atoms with Crippen molar-refractivity contribution in [2.45, 2.75) is 264 Å². The van der Waals surface area contributed by atoms with E-state index in [1.807, 2.05) is 0 Å². The van der Waals surface area contributed by atoms with E-state index in [1.165, 1.54) is 167 Å². The predicted octanol–water partition coefficient (Wildman–Crippen LogP) is 16.0. The Morgan fingerprint density at radius 1 is 0.431 bits per heavy atom. The van der Waals surface area contributed by atoms with Gasteiger partial charge in [-0.05, 0) is 70.3 Å². The molecule has 0 bridgehead atoms. The van der Waals surface area contributed by atoms with Crippen molar-refractivity contribution >= 4 is 11.9 Å². The largest absolute Gasteiger partial charge is 0.481 e.